The Morgan fingerprint density at radius 3 is 1.12 bits per heavy atom. The summed E-state index contributed by atoms with van der Waals surface area (Å²) in [4.78, 5) is 7.23. The molecule has 0 bridgehead atoms. The number of benzene rings is 12. The van der Waals surface area contributed by atoms with E-state index in [1.807, 2.05) is 0 Å². The van der Waals surface area contributed by atoms with E-state index < -0.39 is 0 Å². The summed E-state index contributed by atoms with van der Waals surface area (Å²) < 4.78 is 0. The Hall–Kier alpha value is -9.64. The number of fused-ring (bicyclic) bond motifs is 3. The van der Waals surface area contributed by atoms with Crippen molar-refractivity contribution in [2.75, 3.05) is 14.7 Å². The molecule has 0 atom stereocenters. The maximum atomic E-state index is 2.54. The molecule has 0 radical (unpaired) electrons. The van der Waals surface area contributed by atoms with Crippen LogP contribution in [0.5, 0.6) is 0 Å². The lowest BCUT2D eigenvalue weighted by Gasteiger charge is -2.39. The van der Waals surface area contributed by atoms with Crippen LogP contribution in [0.4, 0.5) is 51.2 Å². The molecule has 4 heteroatoms. The minimum absolute atomic E-state index is 0.0134. The lowest BCUT2D eigenvalue weighted by Crippen LogP contribution is -2.59. The Morgan fingerprint density at radius 2 is 0.687 bits per heavy atom. The van der Waals surface area contributed by atoms with Crippen molar-refractivity contribution in [1.29, 1.82) is 0 Å². The molecule has 1 heterocycles. The summed E-state index contributed by atoms with van der Waals surface area (Å²) in [6.07, 6.45) is 0. The van der Waals surface area contributed by atoms with Gasteiger partial charge in [-0.3, -0.25) is 0 Å². The predicted octanol–water partition coefficient (Wildman–Crippen LogP) is 20.5. The van der Waals surface area contributed by atoms with Crippen molar-refractivity contribution in [1.82, 2.24) is 0 Å². The van der Waals surface area contributed by atoms with Crippen molar-refractivity contribution in [2.24, 2.45) is 0 Å². The van der Waals surface area contributed by atoms with Crippen LogP contribution >= 0.6 is 0 Å². The lowest BCUT2D eigenvalue weighted by molar-refractivity contribution is 0.812. The first-order chi connectivity index (χ1) is 40.7. The van der Waals surface area contributed by atoms with Gasteiger partial charge in [-0.1, -0.05) is 235 Å². The molecule has 1 aliphatic rings. The number of anilines is 9. The van der Waals surface area contributed by atoms with Crippen molar-refractivity contribution in [3.05, 3.63) is 302 Å². The van der Waals surface area contributed by atoms with Crippen molar-refractivity contribution in [3.8, 4) is 33.4 Å². The molecule has 83 heavy (non-hydrogen) atoms. The highest BCUT2D eigenvalue weighted by Crippen LogP contribution is 2.43. The zero-order chi connectivity index (χ0) is 56.6. The standard InChI is InChI=1S/C79H68BN3/c1-54(2)63-50-73(55(3)4)79(74(51-63)56(5)6)80-75-48-40-61(57-34-42-68(43-35-57)81(64-24-11-7-12-25-64)65-26-13-8-14-27-65)52-77(75)83(67-30-17-10-18-31-67)78-53-62(41-49-76(78)80)58-36-44-69(45-37-58)82(66-28-15-9-16-29-66)70-46-38-60(39-47-70)72-33-21-23-59-22-19-20-32-71(59)72/h7-56H,1-6H3. The molecule has 0 spiro atoms. The normalized spacial score (nSPS) is 12.0. The van der Waals surface area contributed by atoms with Gasteiger partial charge in [-0.15, -0.1) is 0 Å². The molecular weight excluding hydrogens is 1000 g/mol. The van der Waals surface area contributed by atoms with Crippen LogP contribution in [0.2, 0.25) is 0 Å². The molecule has 402 valence electrons. The maximum absolute atomic E-state index is 2.54. The Bertz CT molecular complexity index is 4140. The minimum Gasteiger partial charge on any atom is -0.311 e. The summed E-state index contributed by atoms with van der Waals surface area (Å²) in [6, 6.07) is 105. The average Bonchev–Trinajstić information content (AvgIpc) is 2.63. The highest BCUT2D eigenvalue weighted by Gasteiger charge is 2.39. The van der Waals surface area contributed by atoms with Crippen molar-refractivity contribution in [3.63, 3.8) is 0 Å². The Balaban J connectivity index is 0.941. The SMILES string of the molecule is CC(C)c1cc(C(C)C)c(B2c3ccc(-c4ccc(N(c5ccccc5)c5ccccc5)cc4)cc3N(c3ccccc3)c3cc(-c4ccc(N(c5ccccc5)c5ccc(-c6cccc7ccccc67)cc5)cc4)ccc32)c(C(C)C)c1. The van der Waals surface area contributed by atoms with Gasteiger partial charge in [0.1, 0.15) is 0 Å². The van der Waals surface area contributed by atoms with Gasteiger partial charge in [0.05, 0.1) is 0 Å². The second-order valence-electron chi connectivity index (χ2n) is 23.1. The van der Waals surface area contributed by atoms with Crippen LogP contribution in [0, 0.1) is 0 Å². The van der Waals surface area contributed by atoms with Gasteiger partial charge in [0.15, 0.2) is 0 Å². The number of hydrogen-bond donors (Lipinski definition) is 0. The summed E-state index contributed by atoms with van der Waals surface area (Å²) in [5, 5.41) is 2.50. The van der Waals surface area contributed by atoms with E-state index in [2.05, 4.69) is 341 Å². The molecule has 0 saturated carbocycles. The van der Waals surface area contributed by atoms with Crippen LogP contribution in [0.25, 0.3) is 44.2 Å². The quantitative estimate of drug-likeness (QED) is 0.101. The van der Waals surface area contributed by atoms with Crippen molar-refractivity contribution >= 4 is 85.1 Å². The van der Waals surface area contributed by atoms with Gasteiger partial charge in [0.25, 0.3) is 0 Å². The molecule has 0 fully saturated rings. The van der Waals surface area contributed by atoms with Crippen molar-refractivity contribution in [2.45, 2.75) is 59.3 Å². The van der Waals surface area contributed by atoms with E-state index in [-0.39, 0.29) is 6.71 Å². The first-order valence-electron chi connectivity index (χ1n) is 29.5. The summed E-state index contributed by atoms with van der Waals surface area (Å²) in [7, 11) is 0. The molecule has 0 aliphatic carbocycles. The number of nitrogens with zero attached hydrogens (tertiary/aromatic N) is 3. The average molecular weight is 1070 g/mol. The molecule has 0 aromatic heterocycles. The smallest absolute Gasteiger partial charge is 0.247 e. The second-order valence-corrected chi connectivity index (χ2v) is 23.1. The third-order valence-corrected chi connectivity index (χ3v) is 16.8. The maximum Gasteiger partial charge on any atom is 0.247 e. The van der Waals surface area contributed by atoms with Crippen LogP contribution in [-0.4, -0.2) is 6.71 Å². The fourth-order valence-corrected chi connectivity index (χ4v) is 12.6. The highest BCUT2D eigenvalue weighted by atomic mass is 15.2. The summed E-state index contributed by atoms with van der Waals surface area (Å²) in [5.74, 6) is 1.05. The molecule has 12 aromatic rings. The van der Waals surface area contributed by atoms with E-state index in [4.69, 9.17) is 0 Å². The van der Waals surface area contributed by atoms with Gasteiger partial charge in [0, 0.05) is 51.2 Å². The Labute approximate surface area is 491 Å². The zero-order valence-electron chi connectivity index (χ0n) is 48.3. The molecule has 0 N–H and O–H groups in total. The first-order valence-corrected chi connectivity index (χ1v) is 29.5. The van der Waals surface area contributed by atoms with E-state index >= 15 is 0 Å². The fraction of sp³-hybridized carbons (Fsp3) is 0.114. The van der Waals surface area contributed by atoms with Crippen LogP contribution in [0.15, 0.2) is 285 Å². The van der Waals surface area contributed by atoms with Gasteiger partial charge in [0.2, 0.25) is 6.71 Å². The first kappa shape index (κ1) is 52.7. The number of hydrogen-bond acceptors (Lipinski definition) is 3. The topological polar surface area (TPSA) is 9.72 Å². The van der Waals surface area contributed by atoms with E-state index in [0.717, 1.165) is 45.4 Å². The van der Waals surface area contributed by atoms with E-state index in [0.29, 0.717) is 17.8 Å². The lowest BCUT2D eigenvalue weighted by atomic mass is 9.33. The van der Waals surface area contributed by atoms with Crippen LogP contribution in [0.3, 0.4) is 0 Å². The highest BCUT2D eigenvalue weighted by molar-refractivity contribution is 6.98. The minimum atomic E-state index is -0.0134. The van der Waals surface area contributed by atoms with E-state index in [9.17, 15) is 0 Å². The molecule has 3 nitrogen and oxygen atoms in total. The second kappa shape index (κ2) is 22.7. The Kier molecular flexibility index (Phi) is 14.4. The summed E-state index contributed by atoms with van der Waals surface area (Å²) in [6.45, 7) is 14.2. The summed E-state index contributed by atoms with van der Waals surface area (Å²) >= 11 is 0. The van der Waals surface area contributed by atoms with Crippen LogP contribution in [-0.2, 0) is 0 Å². The molecule has 0 saturated heterocycles. The third-order valence-electron chi connectivity index (χ3n) is 16.8. The zero-order valence-corrected chi connectivity index (χ0v) is 48.3. The molecule has 1 aliphatic heterocycles. The van der Waals surface area contributed by atoms with Gasteiger partial charge >= 0.3 is 0 Å². The van der Waals surface area contributed by atoms with Gasteiger partial charge in [-0.05, 0) is 187 Å². The number of rotatable bonds is 14. The molecular formula is C79H68BN3. The van der Waals surface area contributed by atoms with Crippen molar-refractivity contribution < 1.29 is 0 Å². The molecule has 13 rings (SSSR count). The molecule has 12 aromatic carbocycles. The monoisotopic (exact) mass is 1070 g/mol. The van der Waals surface area contributed by atoms with Crippen LogP contribution < -0.4 is 31.1 Å². The van der Waals surface area contributed by atoms with Gasteiger partial charge < -0.3 is 14.7 Å². The van der Waals surface area contributed by atoms with E-state index in [1.165, 1.54) is 83.0 Å². The fourth-order valence-electron chi connectivity index (χ4n) is 12.6. The Morgan fingerprint density at radius 1 is 0.313 bits per heavy atom. The largest absolute Gasteiger partial charge is 0.311 e. The van der Waals surface area contributed by atoms with E-state index in [1.54, 1.807) is 0 Å². The predicted molar refractivity (Wildman–Crippen MR) is 358 cm³/mol. The molecule has 0 amide bonds. The number of para-hydroxylation sites is 4. The van der Waals surface area contributed by atoms with Gasteiger partial charge in [-0.2, -0.15) is 0 Å². The van der Waals surface area contributed by atoms with Crippen LogP contribution in [0.1, 0.15) is 76.0 Å². The summed E-state index contributed by atoms with van der Waals surface area (Å²) in [5.41, 5.74) is 25.6. The van der Waals surface area contributed by atoms with Gasteiger partial charge in [-0.25, -0.2) is 0 Å². The third kappa shape index (κ3) is 10.2. The molecule has 0 unspecified atom stereocenters.